The Balaban J connectivity index is 2.78. The molecule has 0 aliphatic carbocycles. The monoisotopic (exact) mass is 264 g/mol. The first-order valence-corrected chi connectivity index (χ1v) is 5.57. The summed E-state index contributed by atoms with van der Waals surface area (Å²) in [5.41, 5.74) is -1.11. The Hall–Kier alpha value is -2.57. The molecule has 1 heterocycles. The first-order chi connectivity index (χ1) is 8.93. The summed E-state index contributed by atoms with van der Waals surface area (Å²) >= 11 is 0. The van der Waals surface area contributed by atoms with Gasteiger partial charge in [0.15, 0.2) is 0 Å². The third kappa shape index (κ3) is 2.10. The number of carbonyl (C=O) groups is 1. The second-order valence-electron chi connectivity index (χ2n) is 4.12. The Bertz CT molecular complexity index is 772. The molecule has 0 atom stereocenters. The van der Waals surface area contributed by atoms with Gasteiger partial charge in [0.1, 0.15) is 5.75 Å². The van der Waals surface area contributed by atoms with Gasteiger partial charge in [0.05, 0.1) is 17.3 Å². The van der Waals surface area contributed by atoms with Crippen LogP contribution in [0.15, 0.2) is 27.8 Å². The highest BCUT2D eigenvalue weighted by Crippen LogP contribution is 2.19. The molecule has 100 valence electrons. The summed E-state index contributed by atoms with van der Waals surface area (Å²) in [5.74, 6) is -1.26. The van der Waals surface area contributed by atoms with Crippen LogP contribution in [-0.2, 0) is 18.4 Å². The van der Waals surface area contributed by atoms with Gasteiger partial charge in [0.2, 0.25) is 0 Å². The third-order valence-electron chi connectivity index (χ3n) is 2.89. The van der Waals surface area contributed by atoms with Crippen LogP contribution in [0.2, 0.25) is 0 Å². The van der Waals surface area contributed by atoms with Crippen LogP contribution in [0.1, 0.15) is 6.42 Å². The van der Waals surface area contributed by atoms with Crippen LogP contribution in [0.4, 0.5) is 0 Å². The molecular weight excluding hydrogens is 252 g/mol. The molecule has 0 radical (unpaired) electrons. The van der Waals surface area contributed by atoms with Crippen LogP contribution in [0.3, 0.4) is 0 Å². The molecule has 7 nitrogen and oxygen atoms in total. The second-order valence-corrected chi connectivity index (χ2v) is 4.12. The number of nitrogens with zero attached hydrogens (tertiary/aromatic N) is 2. The number of fused-ring (bicyclic) bond motifs is 1. The van der Waals surface area contributed by atoms with E-state index in [0.717, 1.165) is 9.13 Å². The van der Waals surface area contributed by atoms with Gasteiger partial charge < -0.3 is 10.2 Å². The Labute approximate surface area is 107 Å². The number of para-hydroxylation sites is 1. The molecule has 0 saturated heterocycles. The maximum absolute atomic E-state index is 12.1. The van der Waals surface area contributed by atoms with E-state index in [1.165, 1.54) is 25.2 Å². The minimum absolute atomic E-state index is 0.143. The number of phenolic OH excluding ortho intramolecular Hbond substituents is 1. The van der Waals surface area contributed by atoms with Crippen molar-refractivity contribution in [3.05, 3.63) is 39.0 Å². The van der Waals surface area contributed by atoms with Crippen LogP contribution >= 0.6 is 0 Å². The highest BCUT2D eigenvalue weighted by Gasteiger charge is 2.13. The predicted molar refractivity (Wildman–Crippen MR) is 67.4 cm³/mol. The number of carboxylic acid groups (broad SMARTS) is 1. The molecule has 0 amide bonds. The summed E-state index contributed by atoms with van der Waals surface area (Å²) in [6, 6.07) is 4.35. The van der Waals surface area contributed by atoms with Crippen LogP contribution in [0, 0.1) is 0 Å². The smallest absolute Gasteiger partial charge is 0.331 e. The fourth-order valence-electron chi connectivity index (χ4n) is 1.97. The molecular formula is C12H12N2O5. The average molecular weight is 264 g/mol. The van der Waals surface area contributed by atoms with Gasteiger partial charge in [-0.1, -0.05) is 6.07 Å². The van der Waals surface area contributed by atoms with Crippen molar-refractivity contribution < 1.29 is 15.0 Å². The van der Waals surface area contributed by atoms with E-state index in [9.17, 15) is 19.5 Å². The largest absolute Gasteiger partial charge is 0.506 e. The summed E-state index contributed by atoms with van der Waals surface area (Å²) < 4.78 is 1.99. The van der Waals surface area contributed by atoms with Crippen LogP contribution in [-0.4, -0.2) is 25.3 Å². The van der Waals surface area contributed by atoms with Crippen LogP contribution < -0.4 is 11.2 Å². The Morgan fingerprint density at radius 2 is 2.00 bits per heavy atom. The highest BCUT2D eigenvalue weighted by molar-refractivity contribution is 5.83. The van der Waals surface area contributed by atoms with Gasteiger partial charge >= 0.3 is 11.7 Å². The van der Waals surface area contributed by atoms with E-state index in [-0.39, 0.29) is 29.6 Å². The van der Waals surface area contributed by atoms with E-state index in [4.69, 9.17) is 5.11 Å². The second kappa shape index (κ2) is 4.60. The van der Waals surface area contributed by atoms with Crippen LogP contribution in [0.5, 0.6) is 5.75 Å². The summed E-state index contributed by atoms with van der Waals surface area (Å²) in [4.78, 5) is 34.6. The van der Waals surface area contributed by atoms with Gasteiger partial charge in [0.25, 0.3) is 5.56 Å². The van der Waals surface area contributed by atoms with Crippen molar-refractivity contribution in [3.8, 4) is 5.75 Å². The van der Waals surface area contributed by atoms with Crippen molar-refractivity contribution in [1.29, 1.82) is 0 Å². The molecule has 0 bridgehead atoms. The number of rotatable bonds is 3. The van der Waals surface area contributed by atoms with E-state index < -0.39 is 17.2 Å². The van der Waals surface area contributed by atoms with Gasteiger partial charge in [-0.25, -0.2) is 4.79 Å². The molecule has 19 heavy (non-hydrogen) atoms. The van der Waals surface area contributed by atoms with E-state index in [1.54, 1.807) is 0 Å². The number of hydrogen-bond donors (Lipinski definition) is 2. The lowest BCUT2D eigenvalue weighted by Crippen LogP contribution is -2.39. The van der Waals surface area contributed by atoms with Gasteiger partial charge in [-0.15, -0.1) is 0 Å². The van der Waals surface area contributed by atoms with Crippen molar-refractivity contribution >= 4 is 16.9 Å². The molecule has 7 heteroatoms. The van der Waals surface area contributed by atoms with E-state index in [1.807, 2.05) is 0 Å². The molecule has 0 unspecified atom stereocenters. The average Bonchev–Trinajstić information content (AvgIpc) is 2.35. The van der Waals surface area contributed by atoms with Crippen molar-refractivity contribution in [2.75, 3.05) is 0 Å². The summed E-state index contributed by atoms with van der Waals surface area (Å²) in [6.45, 7) is -0.202. The molecule has 1 aromatic heterocycles. The number of aryl methyl sites for hydroxylation is 1. The van der Waals surface area contributed by atoms with E-state index in [0.29, 0.717) is 0 Å². The van der Waals surface area contributed by atoms with E-state index in [2.05, 4.69) is 0 Å². The minimum Gasteiger partial charge on any atom is -0.506 e. The maximum atomic E-state index is 12.1. The fraction of sp³-hybridized carbons (Fsp3) is 0.250. The number of phenols is 1. The lowest BCUT2D eigenvalue weighted by atomic mass is 10.2. The third-order valence-corrected chi connectivity index (χ3v) is 2.89. The Morgan fingerprint density at radius 1 is 1.32 bits per heavy atom. The first kappa shape index (κ1) is 12.9. The zero-order valence-electron chi connectivity index (χ0n) is 10.2. The van der Waals surface area contributed by atoms with Gasteiger partial charge in [-0.3, -0.25) is 18.7 Å². The molecule has 0 aliphatic heterocycles. The topological polar surface area (TPSA) is 102 Å². The molecule has 2 rings (SSSR count). The zero-order valence-corrected chi connectivity index (χ0v) is 10.2. The summed E-state index contributed by atoms with van der Waals surface area (Å²) in [5, 5.41) is 18.5. The van der Waals surface area contributed by atoms with Gasteiger partial charge in [0, 0.05) is 13.6 Å². The van der Waals surface area contributed by atoms with E-state index >= 15 is 0 Å². The zero-order chi connectivity index (χ0) is 14.2. The van der Waals surface area contributed by atoms with Gasteiger partial charge in [-0.2, -0.15) is 0 Å². The number of benzene rings is 1. The fourth-order valence-corrected chi connectivity index (χ4v) is 1.97. The van der Waals surface area contributed by atoms with Crippen molar-refractivity contribution in [1.82, 2.24) is 9.13 Å². The van der Waals surface area contributed by atoms with Gasteiger partial charge in [-0.05, 0) is 12.1 Å². The molecule has 0 aliphatic rings. The van der Waals surface area contributed by atoms with Crippen molar-refractivity contribution in [2.24, 2.45) is 7.05 Å². The number of carboxylic acids is 1. The van der Waals surface area contributed by atoms with Crippen molar-refractivity contribution in [3.63, 3.8) is 0 Å². The molecule has 1 aromatic carbocycles. The predicted octanol–water partition coefficient (Wildman–Crippen LogP) is -0.119. The molecule has 0 spiro atoms. The maximum Gasteiger partial charge on any atom is 0.331 e. The summed E-state index contributed by atoms with van der Waals surface area (Å²) in [6.07, 6.45) is -0.320. The first-order valence-electron chi connectivity index (χ1n) is 5.57. The quantitative estimate of drug-likeness (QED) is 0.804. The lowest BCUT2D eigenvalue weighted by molar-refractivity contribution is -0.137. The molecule has 2 aromatic rings. The standard InChI is InChI=1S/C12H12N2O5/c1-13-10-7(3-2-4-8(10)15)11(18)14(12(13)19)6-5-9(16)17/h2-4,15H,5-6H2,1H3,(H,16,17). The minimum atomic E-state index is -1.09. The SMILES string of the molecule is Cn1c(=O)n(CCC(=O)O)c(=O)c2cccc(O)c21. The molecule has 0 fully saturated rings. The lowest BCUT2D eigenvalue weighted by Gasteiger charge is -2.10. The Morgan fingerprint density at radius 3 is 2.63 bits per heavy atom. The summed E-state index contributed by atoms with van der Waals surface area (Å²) in [7, 11) is 1.42. The number of aromatic hydroxyl groups is 1. The van der Waals surface area contributed by atoms with Crippen LogP contribution in [0.25, 0.3) is 10.9 Å². The Kier molecular flexibility index (Phi) is 3.12. The number of aliphatic carboxylic acids is 1. The normalized spacial score (nSPS) is 10.8. The number of hydrogen-bond acceptors (Lipinski definition) is 4. The highest BCUT2D eigenvalue weighted by atomic mass is 16.4. The number of aromatic nitrogens is 2. The van der Waals surface area contributed by atoms with Crippen molar-refractivity contribution in [2.45, 2.75) is 13.0 Å². The molecule has 2 N–H and O–H groups in total. The molecule has 0 saturated carbocycles.